The summed E-state index contributed by atoms with van der Waals surface area (Å²) in [6, 6.07) is 7.75. The van der Waals surface area contributed by atoms with Crippen molar-refractivity contribution in [3.63, 3.8) is 0 Å². The zero-order valence-electron chi connectivity index (χ0n) is 19.2. The lowest BCUT2D eigenvalue weighted by molar-refractivity contribution is -0.138. The molecular formula is C23H19F3N8O3. The number of fused-ring (bicyclic) bond motifs is 1. The van der Waals surface area contributed by atoms with Gasteiger partial charge in [-0.05, 0) is 18.2 Å². The summed E-state index contributed by atoms with van der Waals surface area (Å²) in [5, 5.41) is 21.6. The van der Waals surface area contributed by atoms with E-state index in [2.05, 4.69) is 20.3 Å². The second-order valence-electron chi connectivity index (χ2n) is 7.61. The number of hydrogen-bond acceptors (Lipinski definition) is 9. The summed E-state index contributed by atoms with van der Waals surface area (Å²) in [4.78, 5) is 25.3. The number of rotatable bonds is 7. The van der Waals surface area contributed by atoms with E-state index in [0.29, 0.717) is 18.0 Å². The molecule has 4 heterocycles. The zero-order valence-corrected chi connectivity index (χ0v) is 19.2. The van der Waals surface area contributed by atoms with Crippen LogP contribution in [-0.4, -0.2) is 35.8 Å². The summed E-state index contributed by atoms with van der Waals surface area (Å²) < 4.78 is 48.1. The fourth-order valence-electron chi connectivity index (χ4n) is 3.53. The Morgan fingerprint density at radius 2 is 2.14 bits per heavy atom. The number of aryl methyl sites for hydroxylation is 1. The third-order valence-corrected chi connectivity index (χ3v) is 5.27. The molecule has 0 saturated heterocycles. The number of hydrogen-bond donors (Lipinski definition) is 3. The fraction of sp³-hybridized carbons (Fsp3) is 0.174. The Balaban J connectivity index is 1.78. The Hall–Kier alpha value is -4.90. The van der Waals surface area contributed by atoms with Gasteiger partial charge < -0.3 is 30.0 Å². The van der Waals surface area contributed by atoms with Crippen molar-refractivity contribution < 1.29 is 23.0 Å². The molecule has 4 aromatic heterocycles. The third-order valence-electron chi connectivity index (χ3n) is 5.27. The van der Waals surface area contributed by atoms with Crippen LogP contribution in [-0.2, 0) is 19.8 Å². The molecule has 0 unspecified atom stereocenters. The van der Waals surface area contributed by atoms with Crippen molar-refractivity contribution in [1.82, 2.24) is 24.1 Å². The smallest absolute Gasteiger partial charge is 0.417 e. The van der Waals surface area contributed by atoms with Crippen LogP contribution < -0.4 is 21.3 Å². The van der Waals surface area contributed by atoms with E-state index in [-0.39, 0.29) is 40.7 Å². The molecule has 11 nitrogen and oxygen atoms in total. The molecular weight excluding hydrogens is 493 g/mol. The number of ether oxygens (including phenoxy) is 1. The number of aliphatic hydroxyl groups excluding tert-OH is 1. The van der Waals surface area contributed by atoms with Crippen molar-refractivity contribution in [2.45, 2.75) is 12.7 Å². The number of imidazole rings is 1. The second kappa shape index (κ2) is 9.99. The van der Waals surface area contributed by atoms with E-state index in [1.807, 2.05) is 6.07 Å². The number of pyridine rings is 3. The summed E-state index contributed by atoms with van der Waals surface area (Å²) in [5.41, 5.74) is 4.05. The molecule has 0 radical (unpaired) electrons. The summed E-state index contributed by atoms with van der Waals surface area (Å²) in [6.07, 6.45) is -0.146. The van der Waals surface area contributed by atoms with Crippen molar-refractivity contribution in [3.8, 4) is 11.8 Å². The molecule has 0 spiro atoms. The number of aromatic nitrogens is 5. The maximum absolute atomic E-state index is 13.4. The standard InChI is InChI=1S/C23H19F3N8O3/c1-33-19-14(9-27)18(37-17(10-28)15-4-2-3-5-29-15)11-30-20(19)32-22(33)31-16-8-13(23(24,25)26)12-34(6-7-35)21(16)36/h2-5,8,10-12,35H,6-7,28H2,1H3,(H,30,31,32). The van der Waals surface area contributed by atoms with Crippen LogP contribution in [0, 0.1) is 11.3 Å². The molecule has 4 rings (SSSR count). The molecule has 0 bridgehead atoms. The molecule has 14 heteroatoms. The fourth-order valence-corrected chi connectivity index (χ4v) is 3.53. The minimum atomic E-state index is -4.74. The van der Waals surface area contributed by atoms with Gasteiger partial charge in [0.25, 0.3) is 5.56 Å². The molecule has 0 atom stereocenters. The summed E-state index contributed by atoms with van der Waals surface area (Å²) in [5.74, 6) is 0.144. The summed E-state index contributed by atoms with van der Waals surface area (Å²) in [7, 11) is 1.49. The second-order valence-corrected chi connectivity index (χ2v) is 7.61. The Morgan fingerprint density at radius 3 is 2.76 bits per heavy atom. The van der Waals surface area contributed by atoms with Crippen molar-refractivity contribution in [1.29, 1.82) is 5.26 Å². The van der Waals surface area contributed by atoms with Crippen LogP contribution in [0.1, 0.15) is 16.8 Å². The van der Waals surface area contributed by atoms with Crippen molar-refractivity contribution in [2.75, 3.05) is 11.9 Å². The quantitative estimate of drug-likeness (QED) is 0.317. The van der Waals surface area contributed by atoms with Gasteiger partial charge in [0.2, 0.25) is 5.95 Å². The van der Waals surface area contributed by atoms with Gasteiger partial charge in [-0.3, -0.25) is 9.78 Å². The predicted octanol–water partition coefficient (Wildman–Crippen LogP) is 2.49. The van der Waals surface area contributed by atoms with E-state index in [0.717, 1.165) is 4.57 Å². The molecule has 0 aliphatic heterocycles. The average Bonchev–Trinajstić information content (AvgIpc) is 3.19. The number of halogens is 3. The van der Waals surface area contributed by atoms with E-state index in [1.165, 1.54) is 30.2 Å². The van der Waals surface area contributed by atoms with E-state index in [1.54, 1.807) is 18.2 Å². The first-order valence-corrected chi connectivity index (χ1v) is 10.6. The maximum Gasteiger partial charge on any atom is 0.417 e. The Morgan fingerprint density at radius 1 is 1.35 bits per heavy atom. The monoisotopic (exact) mass is 512 g/mol. The van der Waals surface area contributed by atoms with Crippen LogP contribution in [0.25, 0.3) is 16.9 Å². The molecule has 190 valence electrons. The highest BCUT2D eigenvalue weighted by Crippen LogP contribution is 2.32. The molecule has 0 aliphatic rings. The van der Waals surface area contributed by atoms with Gasteiger partial charge in [0.1, 0.15) is 28.5 Å². The lowest BCUT2D eigenvalue weighted by Crippen LogP contribution is -2.26. The van der Waals surface area contributed by atoms with Gasteiger partial charge in [-0.25, -0.2) is 4.98 Å². The SMILES string of the molecule is Cn1c(Nc2cc(C(F)(F)F)cn(CCO)c2=O)nc2ncc(OC(=CN)c3ccccn3)c(C#N)c21. The van der Waals surface area contributed by atoms with Gasteiger partial charge in [-0.15, -0.1) is 0 Å². The Labute approximate surface area is 206 Å². The van der Waals surface area contributed by atoms with E-state index in [9.17, 15) is 23.2 Å². The topological polar surface area (TPSA) is 157 Å². The van der Waals surface area contributed by atoms with Crippen LogP contribution in [0.15, 0.2) is 53.9 Å². The van der Waals surface area contributed by atoms with E-state index in [4.69, 9.17) is 15.6 Å². The minimum Gasteiger partial charge on any atom is -0.450 e. The predicted molar refractivity (Wildman–Crippen MR) is 126 cm³/mol. The van der Waals surface area contributed by atoms with Gasteiger partial charge in [0.05, 0.1) is 18.4 Å². The highest BCUT2D eigenvalue weighted by molar-refractivity contribution is 5.84. The maximum atomic E-state index is 13.4. The third kappa shape index (κ3) is 4.93. The Kier molecular flexibility index (Phi) is 6.81. The number of nitriles is 1. The number of alkyl halides is 3. The normalized spacial score (nSPS) is 11.9. The van der Waals surface area contributed by atoms with Crippen LogP contribution in [0.2, 0.25) is 0 Å². The average molecular weight is 512 g/mol. The molecule has 0 aliphatic carbocycles. The molecule has 37 heavy (non-hydrogen) atoms. The van der Waals surface area contributed by atoms with Crippen molar-refractivity contribution in [2.24, 2.45) is 12.8 Å². The van der Waals surface area contributed by atoms with Crippen LogP contribution >= 0.6 is 0 Å². The van der Waals surface area contributed by atoms with Gasteiger partial charge in [0.15, 0.2) is 17.2 Å². The van der Waals surface area contributed by atoms with Crippen LogP contribution in [0.5, 0.6) is 5.75 Å². The largest absolute Gasteiger partial charge is 0.450 e. The summed E-state index contributed by atoms with van der Waals surface area (Å²) in [6.45, 7) is -0.878. The highest BCUT2D eigenvalue weighted by Gasteiger charge is 2.32. The number of anilines is 2. The lowest BCUT2D eigenvalue weighted by atomic mass is 10.2. The van der Waals surface area contributed by atoms with Gasteiger partial charge in [-0.1, -0.05) is 6.07 Å². The Bertz CT molecular complexity index is 1590. The summed E-state index contributed by atoms with van der Waals surface area (Å²) >= 11 is 0. The number of nitrogens with two attached hydrogens (primary N) is 1. The van der Waals surface area contributed by atoms with Crippen LogP contribution in [0.3, 0.4) is 0 Å². The van der Waals surface area contributed by atoms with E-state index < -0.39 is 29.6 Å². The molecule has 4 N–H and O–H groups in total. The number of nitrogens with zero attached hydrogens (tertiary/aromatic N) is 6. The van der Waals surface area contributed by atoms with Gasteiger partial charge in [0, 0.05) is 32.2 Å². The van der Waals surface area contributed by atoms with Crippen LogP contribution in [0.4, 0.5) is 24.8 Å². The molecule has 0 amide bonds. The van der Waals surface area contributed by atoms with Crippen molar-refractivity contribution in [3.05, 3.63) is 76.2 Å². The minimum absolute atomic E-state index is 0.0186. The van der Waals surface area contributed by atoms with Gasteiger partial charge in [-0.2, -0.15) is 23.4 Å². The lowest BCUT2D eigenvalue weighted by Gasteiger charge is -2.14. The molecule has 4 aromatic rings. The van der Waals surface area contributed by atoms with Crippen molar-refractivity contribution >= 4 is 28.6 Å². The zero-order chi connectivity index (χ0) is 26.7. The van der Waals surface area contributed by atoms with Gasteiger partial charge >= 0.3 is 6.18 Å². The first-order valence-electron chi connectivity index (χ1n) is 10.6. The first-order chi connectivity index (χ1) is 17.7. The highest BCUT2D eigenvalue weighted by atomic mass is 19.4. The first kappa shape index (κ1) is 25.2. The molecule has 0 aromatic carbocycles. The molecule has 0 fully saturated rings. The molecule has 0 saturated carbocycles. The van der Waals surface area contributed by atoms with E-state index >= 15 is 0 Å². The number of nitrogens with one attached hydrogen (secondary N) is 1. The number of aliphatic hydroxyl groups is 1.